The summed E-state index contributed by atoms with van der Waals surface area (Å²) in [5.74, 6) is -0.676. The van der Waals surface area contributed by atoms with Crippen LogP contribution in [0.15, 0.2) is 12.2 Å². The van der Waals surface area contributed by atoms with E-state index in [2.05, 4.69) is 0 Å². The third-order valence-corrected chi connectivity index (χ3v) is 2.93. The van der Waals surface area contributed by atoms with Crippen molar-refractivity contribution >= 4 is 15.8 Å². The highest BCUT2D eigenvalue weighted by molar-refractivity contribution is 7.90. The Kier molecular flexibility index (Phi) is 7.03. The lowest BCUT2D eigenvalue weighted by molar-refractivity contribution is -0.131. The predicted molar refractivity (Wildman–Crippen MR) is 59.6 cm³/mol. The maximum absolute atomic E-state index is 10.8. The topological polar surface area (TPSA) is 71.4 Å². The first-order chi connectivity index (χ1) is 6.92. The molecule has 0 heterocycles. The van der Waals surface area contributed by atoms with Gasteiger partial charge in [0.1, 0.15) is 9.84 Å². The number of unbranched alkanes of at least 4 members (excludes halogenated alkanes) is 4. The Balaban J connectivity index is 3.30. The Morgan fingerprint density at radius 3 is 2.33 bits per heavy atom. The average molecular weight is 234 g/mol. The number of hydrogen-bond donors (Lipinski definition) is 1. The fourth-order valence-electron chi connectivity index (χ4n) is 1.16. The smallest absolute Gasteiger partial charge is 0.327 e. The van der Waals surface area contributed by atoms with E-state index in [1.165, 1.54) is 6.26 Å². The zero-order chi connectivity index (χ0) is 11.7. The van der Waals surface area contributed by atoms with Gasteiger partial charge >= 0.3 is 5.97 Å². The second kappa shape index (κ2) is 7.45. The average Bonchev–Trinajstić information content (AvgIpc) is 2.07. The summed E-state index contributed by atoms with van der Waals surface area (Å²) < 4.78 is 21.5. The van der Waals surface area contributed by atoms with Crippen molar-refractivity contribution in [2.24, 2.45) is 0 Å². The molecule has 0 aromatic carbocycles. The largest absolute Gasteiger partial charge is 0.478 e. The van der Waals surface area contributed by atoms with Crippen molar-refractivity contribution < 1.29 is 18.3 Å². The maximum Gasteiger partial charge on any atom is 0.327 e. The van der Waals surface area contributed by atoms with Gasteiger partial charge < -0.3 is 5.11 Å². The highest BCUT2D eigenvalue weighted by atomic mass is 32.2. The molecule has 1 N–H and O–H groups in total. The Morgan fingerprint density at radius 1 is 1.20 bits per heavy atom. The van der Waals surface area contributed by atoms with Crippen LogP contribution in [0.4, 0.5) is 0 Å². The van der Waals surface area contributed by atoms with Gasteiger partial charge in [0.25, 0.3) is 0 Å². The van der Waals surface area contributed by atoms with Crippen LogP contribution in [-0.4, -0.2) is 31.5 Å². The van der Waals surface area contributed by atoms with Crippen LogP contribution in [0.3, 0.4) is 0 Å². The first-order valence-corrected chi connectivity index (χ1v) is 7.05. The number of carbonyl (C=O) groups is 1. The van der Waals surface area contributed by atoms with Crippen molar-refractivity contribution in [3.8, 4) is 0 Å². The Hall–Kier alpha value is -0.840. The van der Waals surface area contributed by atoms with Gasteiger partial charge in [-0.2, -0.15) is 0 Å². The molecule has 0 atom stereocenters. The molecule has 0 bridgehead atoms. The summed E-state index contributed by atoms with van der Waals surface area (Å²) in [6, 6.07) is 0. The van der Waals surface area contributed by atoms with Crippen molar-refractivity contribution in [2.75, 3.05) is 12.0 Å². The van der Waals surface area contributed by atoms with E-state index in [-0.39, 0.29) is 5.75 Å². The highest BCUT2D eigenvalue weighted by Gasteiger charge is 2.00. The summed E-state index contributed by atoms with van der Waals surface area (Å²) in [4.78, 5) is 10.1. The zero-order valence-electron chi connectivity index (χ0n) is 8.98. The van der Waals surface area contributed by atoms with Crippen LogP contribution in [0.1, 0.15) is 32.1 Å². The fraction of sp³-hybridized carbons (Fsp3) is 0.700. The predicted octanol–water partition coefficient (Wildman–Crippen LogP) is 1.62. The summed E-state index contributed by atoms with van der Waals surface area (Å²) in [5.41, 5.74) is 0. The highest BCUT2D eigenvalue weighted by Crippen LogP contribution is 2.04. The molecule has 0 fully saturated rings. The van der Waals surface area contributed by atoms with Crippen molar-refractivity contribution in [1.29, 1.82) is 0 Å². The second-order valence-corrected chi connectivity index (χ2v) is 5.83. The van der Waals surface area contributed by atoms with Gasteiger partial charge in [-0.25, -0.2) is 13.2 Å². The molecule has 0 aromatic rings. The summed E-state index contributed by atoms with van der Waals surface area (Å²) in [6.07, 6.45) is 8.17. The minimum Gasteiger partial charge on any atom is -0.478 e. The molecule has 0 rings (SSSR count). The fourth-order valence-corrected chi connectivity index (χ4v) is 1.89. The molecule has 0 spiro atoms. The van der Waals surface area contributed by atoms with E-state index in [0.29, 0.717) is 6.42 Å². The molecule has 0 saturated heterocycles. The maximum atomic E-state index is 10.8. The zero-order valence-corrected chi connectivity index (χ0v) is 9.79. The Labute approximate surface area is 90.9 Å². The minimum atomic E-state index is -2.82. The van der Waals surface area contributed by atoms with Crippen LogP contribution in [0.25, 0.3) is 0 Å². The molecule has 0 aliphatic carbocycles. The van der Waals surface area contributed by atoms with Crippen molar-refractivity contribution in [1.82, 2.24) is 0 Å². The third kappa shape index (κ3) is 13.2. The van der Waals surface area contributed by atoms with E-state index < -0.39 is 15.8 Å². The normalized spacial score (nSPS) is 12.1. The molecule has 4 nitrogen and oxygen atoms in total. The minimum absolute atomic E-state index is 0.248. The van der Waals surface area contributed by atoms with Gasteiger partial charge in [-0.1, -0.05) is 18.9 Å². The molecule has 0 aliphatic heterocycles. The van der Waals surface area contributed by atoms with Gasteiger partial charge in [0.05, 0.1) is 0 Å². The number of allylic oxidation sites excluding steroid dienone is 1. The summed E-state index contributed by atoms with van der Waals surface area (Å²) in [6.45, 7) is 0. The molecule has 0 aliphatic rings. The van der Waals surface area contributed by atoms with Crippen LogP contribution >= 0.6 is 0 Å². The molecule has 0 aromatic heterocycles. The first kappa shape index (κ1) is 14.2. The molecule has 0 amide bonds. The molecular formula is C10H18O4S. The van der Waals surface area contributed by atoms with E-state index in [0.717, 1.165) is 31.8 Å². The van der Waals surface area contributed by atoms with Crippen LogP contribution in [-0.2, 0) is 14.6 Å². The van der Waals surface area contributed by atoms with Gasteiger partial charge in [0.2, 0.25) is 0 Å². The molecule has 15 heavy (non-hydrogen) atoms. The van der Waals surface area contributed by atoms with Gasteiger partial charge in [-0.05, 0) is 19.3 Å². The third-order valence-electron chi connectivity index (χ3n) is 1.90. The van der Waals surface area contributed by atoms with E-state index >= 15 is 0 Å². The number of rotatable bonds is 8. The van der Waals surface area contributed by atoms with Crippen LogP contribution in [0, 0.1) is 0 Å². The van der Waals surface area contributed by atoms with E-state index in [1.54, 1.807) is 6.08 Å². The van der Waals surface area contributed by atoms with Crippen molar-refractivity contribution in [3.05, 3.63) is 12.2 Å². The van der Waals surface area contributed by atoms with Gasteiger partial charge in [-0.15, -0.1) is 0 Å². The van der Waals surface area contributed by atoms with Gasteiger partial charge in [0.15, 0.2) is 0 Å². The van der Waals surface area contributed by atoms with E-state index in [1.807, 2.05) is 0 Å². The number of hydrogen-bond acceptors (Lipinski definition) is 3. The van der Waals surface area contributed by atoms with Crippen LogP contribution in [0.2, 0.25) is 0 Å². The Morgan fingerprint density at radius 2 is 1.80 bits per heavy atom. The lowest BCUT2D eigenvalue weighted by Crippen LogP contribution is -2.02. The first-order valence-electron chi connectivity index (χ1n) is 4.99. The van der Waals surface area contributed by atoms with Crippen LogP contribution < -0.4 is 0 Å². The number of carboxylic acid groups (broad SMARTS) is 1. The molecule has 0 radical (unpaired) electrons. The summed E-state index contributed by atoms with van der Waals surface area (Å²) >= 11 is 0. The summed E-state index contributed by atoms with van der Waals surface area (Å²) in [7, 11) is -2.82. The molecule has 5 heteroatoms. The van der Waals surface area contributed by atoms with Gasteiger partial charge in [-0.3, -0.25) is 0 Å². The monoisotopic (exact) mass is 234 g/mol. The number of carboxylic acids is 1. The standard InChI is InChI=1S/C10H18O4S/c1-15(13,14)9-7-5-3-2-4-6-8-10(11)12/h6,8H,2-5,7,9H2,1H3,(H,11,12)/b8-6+. The molecule has 0 unspecified atom stereocenters. The van der Waals surface area contributed by atoms with E-state index in [4.69, 9.17) is 5.11 Å². The molecular weight excluding hydrogens is 216 g/mol. The molecule has 88 valence electrons. The van der Waals surface area contributed by atoms with E-state index in [9.17, 15) is 13.2 Å². The Bertz CT molecular complexity index is 303. The van der Waals surface area contributed by atoms with Crippen molar-refractivity contribution in [2.45, 2.75) is 32.1 Å². The van der Waals surface area contributed by atoms with Crippen molar-refractivity contribution in [3.63, 3.8) is 0 Å². The van der Waals surface area contributed by atoms with Crippen LogP contribution in [0.5, 0.6) is 0 Å². The SMILES string of the molecule is CS(=O)(=O)CCCCCC/C=C/C(=O)O. The lowest BCUT2D eigenvalue weighted by Gasteiger charge is -1.98. The second-order valence-electron chi connectivity index (χ2n) is 3.57. The molecule has 0 saturated carbocycles. The quantitative estimate of drug-likeness (QED) is 0.511. The number of aliphatic carboxylic acids is 1. The van der Waals surface area contributed by atoms with Gasteiger partial charge in [0, 0.05) is 18.1 Å². The number of sulfone groups is 1. The lowest BCUT2D eigenvalue weighted by atomic mass is 10.1. The summed E-state index contributed by atoms with van der Waals surface area (Å²) in [5, 5.41) is 8.29.